The summed E-state index contributed by atoms with van der Waals surface area (Å²) in [5.41, 5.74) is 0. The molecule has 0 saturated carbocycles. The number of halogens is 1. The summed E-state index contributed by atoms with van der Waals surface area (Å²) >= 11 is 7.02. The third-order valence-corrected chi connectivity index (χ3v) is 3.58. The number of hydrogen-bond donors (Lipinski definition) is 1. The molecule has 2 heterocycles. The highest BCUT2D eigenvalue weighted by Crippen LogP contribution is 2.20. The minimum atomic E-state index is -0.118. The highest BCUT2D eigenvalue weighted by atomic mass is 35.5. The SMILES string of the molecule is O=C(NCCOCCn1cccn1)c1ccc(Cl)s1. The summed E-state index contributed by atoms with van der Waals surface area (Å²) in [4.78, 5) is 12.3. The molecule has 102 valence electrons. The summed E-state index contributed by atoms with van der Waals surface area (Å²) in [6.07, 6.45) is 3.61. The molecule has 0 atom stereocenters. The first kappa shape index (κ1) is 14.0. The number of hydrogen-bond acceptors (Lipinski definition) is 4. The summed E-state index contributed by atoms with van der Waals surface area (Å²) in [7, 11) is 0. The molecule has 2 aromatic rings. The smallest absolute Gasteiger partial charge is 0.261 e. The Balaban J connectivity index is 1.55. The molecular formula is C12H14ClN3O2S. The zero-order valence-corrected chi connectivity index (χ0v) is 11.8. The van der Waals surface area contributed by atoms with Gasteiger partial charge in [-0.25, -0.2) is 0 Å². The van der Waals surface area contributed by atoms with Crippen LogP contribution in [0.15, 0.2) is 30.6 Å². The number of amides is 1. The Morgan fingerprint density at radius 2 is 2.37 bits per heavy atom. The van der Waals surface area contributed by atoms with Crippen molar-refractivity contribution in [1.82, 2.24) is 15.1 Å². The maximum atomic E-state index is 11.6. The number of nitrogens with zero attached hydrogens (tertiary/aromatic N) is 2. The molecule has 0 radical (unpaired) electrons. The molecule has 0 aliphatic carbocycles. The largest absolute Gasteiger partial charge is 0.378 e. The highest BCUT2D eigenvalue weighted by Gasteiger charge is 2.07. The monoisotopic (exact) mass is 299 g/mol. The van der Waals surface area contributed by atoms with E-state index in [1.54, 1.807) is 23.0 Å². The van der Waals surface area contributed by atoms with Crippen LogP contribution in [-0.4, -0.2) is 35.4 Å². The fraction of sp³-hybridized carbons (Fsp3) is 0.333. The van der Waals surface area contributed by atoms with Crippen LogP contribution in [0.4, 0.5) is 0 Å². The van der Waals surface area contributed by atoms with E-state index in [9.17, 15) is 4.79 Å². The molecule has 0 aliphatic heterocycles. The Morgan fingerprint density at radius 3 is 3.05 bits per heavy atom. The molecule has 1 N–H and O–H groups in total. The van der Waals surface area contributed by atoms with Crippen LogP contribution in [0.5, 0.6) is 0 Å². The van der Waals surface area contributed by atoms with Crippen LogP contribution >= 0.6 is 22.9 Å². The van der Waals surface area contributed by atoms with E-state index >= 15 is 0 Å². The molecule has 0 aromatic carbocycles. The van der Waals surface area contributed by atoms with Gasteiger partial charge in [-0.15, -0.1) is 11.3 Å². The fourth-order valence-electron chi connectivity index (χ4n) is 1.45. The second-order valence-electron chi connectivity index (χ2n) is 3.74. The molecule has 0 fully saturated rings. The van der Waals surface area contributed by atoms with Crippen molar-refractivity contribution in [2.45, 2.75) is 6.54 Å². The molecule has 0 saturated heterocycles. The lowest BCUT2D eigenvalue weighted by Gasteiger charge is -2.05. The van der Waals surface area contributed by atoms with E-state index in [2.05, 4.69) is 10.4 Å². The number of thiophene rings is 1. The fourth-order valence-corrected chi connectivity index (χ4v) is 2.41. The van der Waals surface area contributed by atoms with Crippen LogP contribution in [0.25, 0.3) is 0 Å². The van der Waals surface area contributed by atoms with Crippen LogP contribution in [0.2, 0.25) is 4.34 Å². The third-order valence-electron chi connectivity index (χ3n) is 2.35. The van der Waals surface area contributed by atoms with Gasteiger partial charge in [0.05, 0.1) is 29.0 Å². The lowest BCUT2D eigenvalue weighted by atomic mass is 10.4. The Hall–Kier alpha value is -1.37. The van der Waals surface area contributed by atoms with Gasteiger partial charge in [0, 0.05) is 18.9 Å². The van der Waals surface area contributed by atoms with Gasteiger partial charge in [0.25, 0.3) is 5.91 Å². The van der Waals surface area contributed by atoms with E-state index in [0.717, 1.165) is 0 Å². The first-order chi connectivity index (χ1) is 9.25. The Labute approximate surface area is 120 Å². The minimum Gasteiger partial charge on any atom is -0.378 e. The van der Waals surface area contributed by atoms with Gasteiger partial charge in [-0.2, -0.15) is 5.10 Å². The predicted octanol–water partition coefficient (Wildman–Crippen LogP) is 2.04. The maximum absolute atomic E-state index is 11.6. The Morgan fingerprint density at radius 1 is 1.47 bits per heavy atom. The van der Waals surface area contributed by atoms with Crippen molar-refractivity contribution >= 4 is 28.8 Å². The number of nitrogens with one attached hydrogen (secondary N) is 1. The minimum absolute atomic E-state index is 0.118. The van der Waals surface area contributed by atoms with Crippen molar-refractivity contribution in [2.24, 2.45) is 0 Å². The number of rotatable bonds is 7. The number of carbonyl (C=O) groups excluding carboxylic acids is 1. The van der Waals surface area contributed by atoms with Crippen LogP contribution in [0, 0.1) is 0 Å². The lowest BCUT2D eigenvalue weighted by Crippen LogP contribution is -2.26. The summed E-state index contributed by atoms with van der Waals surface area (Å²) in [6, 6.07) is 5.29. The molecule has 7 heteroatoms. The molecule has 0 bridgehead atoms. The number of ether oxygens (including phenoxy) is 1. The highest BCUT2D eigenvalue weighted by molar-refractivity contribution is 7.17. The molecule has 2 rings (SSSR count). The number of carbonyl (C=O) groups is 1. The average molecular weight is 300 g/mol. The van der Waals surface area contributed by atoms with Gasteiger partial charge in [0.2, 0.25) is 0 Å². The van der Waals surface area contributed by atoms with Gasteiger partial charge >= 0.3 is 0 Å². The molecule has 0 unspecified atom stereocenters. The average Bonchev–Trinajstić information content (AvgIpc) is 3.04. The van der Waals surface area contributed by atoms with Gasteiger partial charge in [0.15, 0.2) is 0 Å². The topological polar surface area (TPSA) is 56.1 Å². The summed E-state index contributed by atoms with van der Waals surface area (Å²) in [6.45, 7) is 2.24. The van der Waals surface area contributed by atoms with Crippen molar-refractivity contribution in [3.63, 3.8) is 0 Å². The Bertz CT molecular complexity index is 513. The molecule has 19 heavy (non-hydrogen) atoms. The number of aromatic nitrogens is 2. The van der Waals surface area contributed by atoms with Crippen LogP contribution in [-0.2, 0) is 11.3 Å². The van der Waals surface area contributed by atoms with Gasteiger partial charge in [-0.3, -0.25) is 9.48 Å². The van der Waals surface area contributed by atoms with Crippen molar-refractivity contribution in [1.29, 1.82) is 0 Å². The summed E-state index contributed by atoms with van der Waals surface area (Å²) in [5, 5.41) is 6.83. The summed E-state index contributed by atoms with van der Waals surface area (Å²) in [5.74, 6) is -0.118. The molecule has 0 aliphatic rings. The third kappa shape index (κ3) is 4.66. The van der Waals surface area contributed by atoms with Crippen LogP contribution < -0.4 is 5.32 Å². The van der Waals surface area contributed by atoms with E-state index in [0.29, 0.717) is 35.5 Å². The van der Waals surface area contributed by atoms with Gasteiger partial charge in [-0.1, -0.05) is 11.6 Å². The van der Waals surface area contributed by atoms with Crippen molar-refractivity contribution in [3.8, 4) is 0 Å². The van der Waals surface area contributed by atoms with E-state index < -0.39 is 0 Å². The molecule has 0 spiro atoms. The van der Waals surface area contributed by atoms with E-state index in [-0.39, 0.29) is 5.91 Å². The molecule has 1 amide bonds. The standard InChI is InChI=1S/C12H14ClN3O2S/c13-11-3-2-10(19-11)12(17)14-5-8-18-9-7-16-6-1-4-15-16/h1-4,6H,5,7-9H2,(H,14,17). The van der Waals surface area contributed by atoms with Gasteiger partial charge in [-0.05, 0) is 18.2 Å². The first-order valence-corrected chi connectivity index (χ1v) is 7.04. The normalized spacial score (nSPS) is 10.6. The van der Waals surface area contributed by atoms with E-state index in [1.165, 1.54) is 11.3 Å². The van der Waals surface area contributed by atoms with Gasteiger partial charge in [0.1, 0.15) is 0 Å². The maximum Gasteiger partial charge on any atom is 0.261 e. The van der Waals surface area contributed by atoms with Crippen molar-refractivity contribution in [2.75, 3.05) is 19.8 Å². The lowest BCUT2D eigenvalue weighted by molar-refractivity contribution is 0.0910. The predicted molar refractivity (Wildman–Crippen MR) is 74.7 cm³/mol. The van der Waals surface area contributed by atoms with Crippen molar-refractivity contribution in [3.05, 3.63) is 39.8 Å². The van der Waals surface area contributed by atoms with Crippen LogP contribution in [0.3, 0.4) is 0 Å². The zero-order chi connectivity index (χ0) is 13.5. The zero-order valence-electron chi connectivity index (χ0n) is 10.2. The van der Waals surface area contributed by atoms with Crippen molar-refractivity contribution < 1.29 is 9.53 Å². The summed E-state index contributed by atoms with van der Waals surface area (Å²) < 4.78 is 7.81. The van der Waals surface area contributed by atoms with Gasteiger partial charge < -0.3 is 10.1 Å². The first-order valence-electron chi connectivity index (χ1n) is 5.84. The van der Waals surface area contributed by atoms with Crippen LogP contribution in [0.1, 0.15) is 9.67 Å². The van der Waals surface area contributed by atoms with E-state index in [1.807, 2.05) is 12.3 Å². The second kappa shape index (κ2) is 7.28. The molecular weight excluding hydrogens is 286 g/mol. The Kier molecular flexibility index (Phi) is 5.38. The molecule has 5 nitrogen and oxygen atoms in total. The second-order valence-corrected chi connectivity index (χ2v) is 5.46. The molecule has 2 aromatic heterocycles. The quantitative estimate of drug-likeness (QED) is 0.796. The van der Waals surface area contributed by atoms with E-state index in [4.69, 9.17) is 16.3 Å².